The summed E-state index contributed by atoms with van der Waals surface area (Å²) in [5.74, 6) is 0.190. The second-order valence-corrected chi connectivity index (χ2v) is 6.78. The van der Waals surface area contributed by atoms with Gasteiger partial charge in [-0.25, -0.2) is 0 Å². The fraction of sp³-hybridized carbons (Fsp3) is 0.308. The van der Waals surface area contributed by atoms with Crippen molar-refractivity contribution in [2.75, 3.05) is 22.9 Å². The van der Waals surface area contributed by atoms with Gasteiger partial charge in [0.15, 0.2) is 4.34 Å². The average molecular weight is 343 g/mol. The summed E-state index contributed by atoms with van der Waals surface area (Å²) in [6.45, 7) is 2.96. The molecule has 1 aromatic heterocycles. The Balaban J connectivity index is 1.79. The fourth-order valence-electron chi connectivity index (χ4n) is 1.46. The Bertz CT molecular complexity index is 605. The SMILES string of the molecule is CCCNc1nnc(SCC(=O)Nc2cccc(Cl)c2)s1. The molecule has 5 nitrogen and oxygen atoms in total. The molecule has 2 rings (SSSR count). The predicted molar refractivity (Wildman–Crippen MR) is 89.5 cm³/mol. The van der Waals surface area contributed by atoms with E-state index in [1.165, 1.54) is 23.1 Å². The van der Waals surface area contributed by atoms with E-state index in [1.54, 1.807) is 24.3 Å². The number of carbonyl (C=O) groups excluding carboxylic acids is 1. The number of carbonyl (C=O) groups is 1. The van der Waals surface area contributed by atoms with Crippen molar-refractivity contribution in [3.8, 4) is 0 Å². The Labute approximate surface area is 136 Å². The third-order valence-corrected chi connectivity index (χ3v) is 4.62. The number of rotatable bonds is 7. The zero-order valence-electron chi connectivity index (χ0n) is 11.4. The van der Waals surface area contributed by atoms with Crippen LogP contribution in [0.3, 0.4) is 0 Å². The number of halogens is 1. The molecule has 0 saturated carbocycles. The maximum Gasteiger partial charge on any atom is 0.234 e. The molecule has 0 bridgehead atoms. The molecule has 0 atom stereocenters. The van der Waals surface area contributed by atoms with Crippen LogP contribution in [0.25, 0.3) is 0 Å². The van der Waals surface area contributed by atoms with Crippen LogP contribution in [0.15, 0.2) is 28.6 Å². The molecule has 112 valence electrons. The smallest absolute Gasteiger partial charge is 0.234 e. The van der Waals surface area contributed by atoms with Crippen molar-refractivity contribution in [3.63, 3.8) is 0 Å². The van der Waals surface area contributed by atoms with Crippen LogP contribution < -0.4 is 10.6 Å². The molecule has 2 N–H and O–H groups in total. The number of nitrogens with one attached hydrogen (secondary N) is 2. The zero-order valence-corrected chi connectivity index (χ0v) is 13.8. The fourth-order valence-corrected chi connectivity index (χ4v) is 3.23. The van der Waals surface area contributed by atoms with Crippen LogP contribution in [0.2, 0.25) is 5.02 Å². The van der Waals surface area contributed by atoms with Gasteiger partial charge in [-0.1, -0.05) is 47.7 Å². The van der Waals surface area contributed by atoms with Gasteiger partial charge in [-0.2, -0.15) is 0 Å². The summed E-state index contributed by atoms with van der Waals surface area (Å²) >= 11 is 8.68. The number of amides is 1. The van der Waals surface area contributed by atoms with Crippen LogP contribution in [-0.2, 0) is 4.79 Å². The quantitative estimate of drug-likeness (QED) is 0.750. The van der Waals surface area contributed by atoms with Gasteiger partial charge in [0.2, 0.25) is 11.0 Å². The van der Waals surface area contributed by atoms with Crippen LogP contribution in [0.4, 0.5) is 10.8 Å². The van der Waals surface area contributed by atoms with Crippen molar-refractivity contribution < 1.29 is 4.79 Å². The molecular weight excluding hydrogens is 328 g/mol. The van der Waals surface area contributed by atoms with E-state index in [0.717, 1.165) is 22.4 Å². The Morgan fingerprint density at radius 2 is 2.29 bits per heavy atom. The van der Waals surface area contributed by atoms with Crippen LogP contribution >= 0.6 is 34.7 Å². The number of hydrogen-bond donors (Lipinski definition) is 2. The van der Waals surface area contributed by atoms with Crippen LogP contribution in [0.1, 0.15) is 13.3 Å². The second kappa shape index (κ2) is 8.21. The average Bonchev–Trinajstić information content (AvgIpc) is 2.91. The summed E-state index contributed by atoms with van der Waals surface area (Å²) < 4.78 is 0.773. The summed E-state index contributed by atoms with van der Waals surface area (Å²) in [6, 6.07) is 7.06. The van der Waals surface area contributed by atoms with E-state index >= 15 is 0 Å². The van der Waals surface area contributed by atoms with Gasteiger partial charge in [-0.3, -0.25) is 4.79 Å². The van der Waals surface area contributed by atoms with E-state index in [-0.39, 0.29) is 11.7 Å². The van der Waals surface area contributed by atoms with E-state index in [0.29, 0.717) is 10.7 Å². The molecule has 0 fully saturated rings. The third-order valence-electron chi connectivity index (χ3n) is 2.37. The topological polar surface area (TPSA) is 66.9 Å². The first-order valence-corrected chi connectivity index (χ1v) is 8.61. The van der Waals surface area contributed by atoms with Gasteiger partial charge < -0.3 is 10.6 Å². The van der Waals surface area contributed by atoms with Gasteiger partial charge in [0, 0.05) is 17.3 Å². The molecule has 0 unspecified atom stereocenters. The lowest BCUT2D eigenvalue weighted by atomic mass is 10.3. The van der Waals surface area contributed by atoms with E-state index in [1.807, 2.05) is 0 Å². The van der Waals surface area contributed by atoms with Crippen LogP contribution in [0, 0.1) is 0 Å². The van der Waals surface area contributed by atoms with E-state index < -0.39 is 0 Å². The first kappa shape index (κ1) is 16.1. The molecule has 0 aliphatic heterocycles. The van der Waals surface area contributed by atoms with E-state index in [2.05, 4.69) is 27.8 Å². The summed E-state index contributed by atoms with van der Waals surface area (Å²) in [7, 11) is 0. The normalized spacial score (nSPS) is 10.4. The number of hydrogen-bond acceptors (Lipinski definition) is 6. The monoisotopic (exact) mass is 342 g/mol. The minimum atomic E-state index is -0.0967. The highest BCUT2D eigenvalue weighted by Gasteiger charge is 2.08. The minimum Gasteiger partial charge on any atom is -0.360 e. The van der Waals surface area contributed by atoms with Crippen molar-refractivity contribution in [1.82, 2.24) is 10.2 Å². The zero-order chi connectivity index (χ0) is 15.1. The highest BCUT2D eigenvalue weighted by molar-refractivity contribution is 8.01. The number of thioether (sulfide) groups is 1. The van der Waals surface area contributed by atoms with Crippen molar-refractivity contribution >= 4 is 51.4 Å². The molecule has 0 spiro atoms. The van der Waals surface area contributed by atoms with Crippen molar-refractivity contribution in [2.24, 2.45) is 0 Å². The van der Waals surface area contributed by atoms with E-state index in [9.17, 15) is 4.79 Å². The van der Waals surface area contributed by atoms with Gasteiger partial charge in [0.1, 0.15) is 0 Å². The molecular formula is C13H15ClN4OS2. The van der Waals surface area contributed by atoms with Gasteiger partial charge in [0.05, 0.1) is 5.75 Å². The molecule has 1 amide bonds. The summed E-state index contributed by atoms with van der Waals surface area (Å²) in [5.41, 5.74) is 0.690. The van der Waals surface area contributed by atoms with Crippen LogP contribution in [0.5, 0.6) is 0 Å². The Hall–Kier alpha value is -1.31. The Morgan fingerprint density at radius 3 is 3.05 bits per heavy atom. The Morgan fingerprint density at radius 1 is 1.43 bits per heavy atom. The van der Waals surface area contributed by atoms with Gasteiger partial charge in [-0.15, -0.1) is 10.2 Å². The molecule has 2 aromatic rings. The van der Waals surface area contributed by atoms with Gasteiger partial charge >= 0.3 is 0 Å². The summed E-state index contributed by atoms with van der Waals surface area (Å²) in [6.07, 6.45) is 1.03. The first-order valence-electron chi connectivity index (χ1n) is 6.43. The predicted octanol–water partition coefficient (Wildman–Crippen LogP) is 3.74. The molecule has 1 heterocycles. The molecule has 1 aromatic carbocycles. The number of nitrogens with zero attached hydrogens (tertiary/aromatic N) is 2. The molecule has 0 radical (unpaired) electrons. The maximum atomic E-state index is 11.8. The Kier molecular flexibility index (Phi) is 6.28. The van der Waals surface area contributed by atoms with Crippen molar-refractivity contribution in [3.05, 3.63) is 29.3 Å². The molecule has 8 heteroatoms. The lowest BCUT2D eigenvalue weighted by Gasteiger charge is -2.04. The number of aromatic nitrogens is 2. The van der Waals surface area contributed by atoms with E-state index in [4.69, 9.17) is 11.6 Å². The molecule has 0 saturated heterocycles. The number of anilines is 2. The largest absolute Gasteiger partial charge is 0.360 e. The highest BCUT2D eigenvalue weighted by Crippen LogP contribution is 2.25. The van der Waals surface area contributed by atoms with Gasteiger partial charge in [-0.05, 0) is 24.6 Å². The highest BCUT2D eigenvalue weighted by atomic mass is 35.5. The summed E-state index contributed by atoms with van der Waals surface area (Å²) in [4.78, 5) is 11.8. The van der Waals surface area contributed by atoms with Gasteiger partial charge in [0.25, 0.3) is 0 Å². The second-order valence-electron chi connectivity index (χ2n) is 4.15. The maximum absolute atomic E-state index is 11.8. The molecule has 0 aliphatic carbocycles. The third kappa shape index (κ3) is 5.53. The molecule has 0 aliphatic rings. The van der Waals surface area contributed by atoms with Crippen LogP contribution in [-0.4, -0.2) is 28.4 Å². The summed E-state index contributed by atoms with van der Waals surface area (Å²) in [5, 5.41) is 15.4. The van der Waals surface area contributed by atoms with Crippen molar-refractivity contribution in [2.45, 2.75) is 17.7 Å². The first-order chi connectivity index (χ1) is 10.2. The number of benzene rings is 1. The van der Waals surface area contributed by atoms with Crippen molar-refractivity contribution in [1.29, 1.82) is 0 Å². The lowest BCUT2D eigenvalue weighted by molar-refractivity contribution is -0.113. The molecule has 21 heavy (non-hydrogen) atoms. The standard InChI is InChI=1S/C13H15ClN4OS2/c1-2-6-15-12-17-18-13(21-12)20-8-11(19)16-10-5-3-4-9(14)7-10/h3-5,7H,2,6,8H2,1H3,(H,15,17)(H,16,19). The minimum absolute atomic E-state index is 0.0967. The lowest BCUT2D eigenvalue weighted by Crippen LogP contribution is -2.13.